The summed E-state index contributed by atoms with van der Waals surface area (Å²) in [7, 11) is 0. The summed E-state index contributed by atoms with van der Waals surface area (Å²) in [5.74, 6) is -1.52. The van der Waals surface area contributed by atoms with Crippen molar-refractivity contribution in [2.75, 3.05) is 0 Å². The third-order valence-corrected chi connectivity index (χ3v) is 0.870. The lowest BCUT2D eigenvalue weighted by atomic mass is 10.6. The maximum atomic E-state index is 11.7. The van der Waals surface area contributed by atoms with E-state index in [0.717, 1.165) is 6.08 Å². The molecule has 0 saturated heterocycles. The molecule has 60 valence electrons. The van der Waals surface area contributed by atoms with Crippen LogP contribution < -0.4 is 0 Å². The van der Waals surface area contributed by atoms with E-state index in [1.807, 2.05) is 0 Å². The molecule has 6 heteroatoms. The van der Waals surface area contributed by atoms with Crippen LogP contribution in [0.2, 0.25) is 0 Å². The van der Waals surface area contributed by atoms with Crippen LogP contribution in [0.15, 0.2) is 11.1 Å². The van der Waals surface area contributed by atoms with E-state index in [9.17, 15) is 13.2 Å². The van der Waals surface area contributed by atoms with Crippen molar-refractivity contribution < 1.29 is 17.7 Å². The maximum absolute atomic E-state index is 11.7. The molecule has 0 amide bonds. The zero-order chi connectivity index (χ0) is 8.48. The molecule has 11 heavy (non-hydrogen) atoms. The second kappa shape index (κ2) is 2.37. The Morgan fingerprint density at radius 1 is 1.45 bits per heavy atom. The molecule has 3 nitrogen and oxygen atoms in total. The molecule has 0 aromatic carbocycles. The van der Waals surface area contributed by atoms with Crippen LogP contribution in [0.25, 0.3) is 6.08 Å². The average molecular weight is 164 g/mol. The lowest BCUT2D eigenvalue weighted by molar-refractivity contribution is -0.146. The Bertz CT molecular complexity index is 265. The smallest absolute Gasteiger partial charge is 0.334 e. The van der Waals surface area contributed by atoms with E-state index in [-0.39, 0.29) is 5.89 Å². The molecule has 0 N–H and O–H groups in total. The zero-order valence-corrected chi connectivity index (χ0v) is 5.22. The van der Waals surface area contributed by atoms with E-state index in [4.69, 9.17) is 0 Å². The molecule has 0 fully saturated rings. The van der Waals surface area contributed by atoms with Crippen LogP contribution in [0, 0.1) is 0 Å². The molecule has 1 heterocycles. The Kier molecular flexibility index (Phi) is 1.67. The van der Waals surface area contributed by atoms with E-state index in [1.165, 1.54) is 0 Å². The highest BCUT2D eigenvalue weighted by atomic mass is 19.4. The summed E-state index contributed by atoms with van der Waals surface area (Å²) in [6.45, 7) is 3.16. The monoisotopic (exact) mass is 164 g/mol. The number of hydrogen-bond acceptors (Lipinski definition) is 3. The fourth-order valence-electron chi connectivity index (χ4n) is 0.433. The van der Waals surface area contributed by atoms with Gasteiger partial charge in [-0.15, -0.1) is 0 Å². The van der Waals surface area contributed by atoms with Gasteiger partial charge in [0.05, 0.1) is 0 Å². The van der Waals surface area contributed by atoms with Crippen molar-refractivity contribution in [2.45, 2.75) is 6.18 Å². The average Bonchev–Trinajstić information content (AvgIpc) is 2.32. The molecule has 1 rings (SSSR count). The fraction of sp³-hybridized carbons (Fsp3) is 0.200. The first-order valence-corrected chi connectivity index (χ1v) is 2.57. The molecular formula is C5H3F3N2O. The minimum absolute atomic E-state index is 0.239. The van der Waals surface area contributed by atoms with Crippen molar-refractivity contribution in [2.24, 2.45) is 0 Å². The van der Waals surface area contributed by atoms with E-state index in [0.29, 0.717) is 0 Å². The topological polar surface area (TPSA) is 38.9 Å². The third kappa shape index (κ3) is 1.57. The predicted octanol–water partition coefficient (Wildman–Crippen LogP) is 1.73. The van der Waals surface area contributed by atoms with E-state index >= 15 is 0 Å². The zero-order valence-electron chi connectivity index (χ0n) is 5.22. The molecule has 0 saturated carbocycles. The quantitative estimate of drug-likeness (QED) is 0.634. The highest BCUT2D eigenvalue weighted by Gasteiger charge is 2.36. The number of rotatable bonds is 1. The molecule has 0 aliphatic rings. The fourth-order valence-corrected chi connectivity index (χ4v) is 0.433. The largest absolute Gasteiger partial charge is 0.455 e. The molecular weight excluding hydrogens is 161 g/mol. The minimum Gasteiger partial charge on any atom is -0.334 e. The summed E-state index contributed by atoms with van der Waals surface area (Å²) in [6.07, 6.45) is -3.51. The molecule has 1 aromatic heterocycles. The Balaban J connectivity index is 2.98. The first kappa shape index (κ1) is 7.77. The summed E-state index contributed by atoms with van der Waals surface area (Å²) < 4.78 is 39.3. The molecule has 0 bridgehead atoms. The van der Waals surface area contributed by atoms with Gasteiger partial charge in [0, 0.05) is 0 Å². The van der Waals surface area contributed by atoms with Crippen molar-refractivity contribution in [3.63, 3.8) is 0 Å². The highest BCUT2D eigenvalue weighted by Crippen LogP contribution is 2.26. The lowest BCUT2D eigenvalue weighted by Gasteiger charge is -1.95. The van der Waals surface area contributed by atoms with Gasteiger partial charge >= 0.3 is 6.18 Å². The molecule has 0 radical (unpaired) electrons. The molecule has 0 aliphatic carbocycles. The van der Waals surface area contributed by atoms with Crippen molar-refractivity contribution in [3.8, 4) is 0 Å². The summed E-state index contributed by atoms with van der Waals surface area (Å²) in [6, 6.07) is 0. The number of halogens is 3. The molecule has 0 spiro atoms. The Labute approximate surface area is 59.5 Å². The maximum Gasteiger partial charge on any atom is 0.455 e. The van der Waals surface area contributed by atoms with Gasteiger partial charge in [0.2, 0.25) is 5.89 Å². The third-order valence-electron chi connectivity index (χ3n) is 0.870. The number of alkyl halides is 3. The van der Waals surface area contributed by atoms with Crippen LogP contribution >= 0.6 is 0 Å². The summed E-state index contributed by atoms with van der Waals surface area (Å²) in [5, 5.41) is 2.68. The van der Waals surface area contributed by atoms with E-state index < -0.39 is 12.0 Å². The van der Waals surface area contributed by atoms with E-state index in [1.54, 1.807) is 0 Å². The van der Waals surface area contributed by atoms with Gasteiger partial charge in [0.15, 0.2) is 0 Å². The second-order valence-corrected chi connectivity index (χ2v) is 1.66. The van der Waals surface area contributed by atoms with Crippen LogP contribution in [0.4, 0.5) is 13.2 Å². The van der Waals surface area contributed by atoms with Crippen molar-refractivity contribution in [1.29, 1.82) is 0 Å². The molecule has 1 aromatic rings. The number of aromatic nitrogens is 2. The van der Waals surface area contributed by atoms with Crippen LogP contribution in [-0.2, 0) is 6.18 Å². The van der Waals surface area contributed by atoms with Gasteiger partial charge in [-0.2, -0.15) is 18.2 Å². The van der Waals surface area contributed by atoms with Crippen LogP contribution in [0.5, 0.6) is 0 Å². The van der Waals surface area contributed by atoms with Crippen molar-refractivity contribution in [1.82, 2.24) is 10.1 Å². The van der Waals surface area contributed by atoms with Gasteiger partial charge in [0.1, 0.15) is 0 Å². The number of nitrogens with zero attached hydrogens (tertiary/aromatic N) is 2. The second-order valence-electron chi connectivity index (χ2n) is 1.66. The summed E-state index contributed by atoms with van der Waals surface area (Å²) >= 11 is 0. The van der Waals surface area contributed by atoms with Gasteiger partial charge in [-0.1, -0.05) is 11.7 Å². The van der Waals surface area contributed by atoms with Gasteiger partial charge in [-0.05, 0) is 6.08 Å². The van der Waals surface area contributed by atoms with Crippen LogP contribution in [-0.4, -0.2) is 10.1 Å². The SMILES string of the molecule is C=Cc1nc(C(F)(F)F)no1. The van der Waals surface area contributed by atoms with E-state index in [2.05, 4.69) is 21.2 Å². The highest BCUT2D eigenvalue weighted by molar-refractivity contribution is 5.32. The summed E-state index contributed by atoms with van der Waals surface area (Å²) in [4.78, 5) is 2.98. The summed E-state index contributed by atoms with van der Waals surface area (Å²) in [5.41, 5.74) is 0. The molecule has 0 aliphatic heterocycles. The van der Waals surface area contributed by atoms with Crippen LogP contribution in [0.3, 0.4) is 0 Å². The number of hydrogen-bond donors (Lipinski definition) is 0. The minimum atomic E-state index is -4.55. The van der Waals surface area contributed by atoms with Gasteiger partial charge in [-0.25, -0.2) is 0 Å². The lowest BCUT2D eigenvalue weighted by Crippen LogP contribution is -2.06. The first-order chi connectivity index (χ1) is 5.04. The standard InChI is InChI=1S/C5H3F3N2O/c1-2-3-9-4(10-11-3)5(6,7)8/h2H,1H2. The normalized spacial score (nSPS) is 11.5. The van der Waals surface area contributed by atoms with Crippen molar-refractivity contribution in [3.05, 3.63) is 18.3 Å². The van der Waals surface area contributed by atoms with Crippen LogP contribution in [0.1, 0.15) is 11.7 Å². The van der Waals surface area contributed by atoms with Gasteiger partial charge in [-0.3, -0.25) is 0 Å². The molecule has 0 unspecified atom stereocenters. The predicted molar refractivity (Wildman–Crippen MR) is 29.4 cm³/mol. The Hall–Kier alpha value is -1.33. The Morgan fingerprint density at radius 2 is 2.09 bits per heavy atom. The van der Waals surface area contributed by atoms with Crippen molar-refractivity contribution >= 4 is 6.08 Å². The Morgan fingerprint density at radius 3 is 2.36 bits per heavy atom. The molecule has 0 atom stereocenters. The van der Waals surface area contributed by atoms with Gasteiger partial charge < -0.3 is 4.52 Å². The van der Waals surface area contributed by atoms with Gasteiger partial charge in [0.25, 0.3) is 5.82 Å². The first-order valence-electron chi connectivity index (χ1n) is 2.57.